The molecule has 3 N–H and O–H groups in total. The predicted molar refractivity (Wildman–Crippen MR) is 71.2 cm³/mol. The topological polar surface area (TPSA) is 76.2 Å². The SMILES string of the molecule is Cn1cc(C(CN)N2CCCC3C(=O)NCC32)cn1. The molecule has 0 aliphatic carbocycles. The Hall–Kier alpha value is -1.40. The Morgan fingerprint density at radius 1 is 1.63 bits per heavy atom. The third-order valence-electron chi connectivity index (χ3n) is 4.38. The van der Waals surface area contributed by atoms with Gasteiger partial charge in [-0.2, -0.15) is 5.10 Å². The molecule has 2 saturated heterocycles. The van der Waals surface area contributed by atoms with Crippen molar-refractivity contribution < 1.29 is 4.79 Å². The molecule has 3 atom stereocenters. The quantitative estimate of drug-likeness (QED) is 0.780. The summed E-state index contributed by atoms with van der Waals surface area (Å²) in [5.41, 5.74) is 7.12. The molecule has 6 heteroatoms. The summed E-state index contributed by atoms with van der Waals surface area (Å²) in [6, 6.07) is 0.448. The predicted octanol–water partition coefficient (Wildman–Crippen LogP) is -0.370. The Morgan fingerprint density at radius 2 is 2.47 bits per heavy atom. The molecule has 1 amide bonds. The van der Waals surface area contributed by atoms with Crippen molar-refractivity contribution in [1.82, 2.24) is 20.0 Å². The summed E-state index contributed by atoms with van der Waals surface area (Å²) in [4.78, 5) is 14.2. The summed E-state index contributed by atoms with van der Waals surface area (Å²) in [7, 11) is 1.91. The van der Waals surface area contributed by atoms with Crippen molar-refractivity contribution in [3.8, 4) is 0 Å². The van der Waals surface area contributed by atoms with Gasteiger partial charge in [-0.15, -0.1) is 0 Å². The number of likely N-dealkylation sites (tertiary alicyclic amines) is 1. The molecule has 1 aromatic rings. The number of aryl methyl sites for hydroxylation is 1. The summed E-state index contributed by atoms with van der Waals surface area (Å²) in [5.74, 6) is 0.344. The smallest absolute Gasteiger partial charge is 0.224 e. The van der Waals surface area contributed by atoms with Gasteiger partial charge < -0.3 is 11.1 Å². The lowest BCUT2D eigenvalue weighted by molar-refractivity contribution is -0.124. The van der Waals surface area contributed by atoms with Crippen LogP contribution in [0.1, 0.15) is 24.4 Å². The molecule has 1 aromatic heterocycles. The molecule has 3 rings (SSSR count). The maximum absolute atomic E-state index is 11.8. The van der Waals surface area contributed by atoms with Gasteiger partial charge in [0.05, 0.1) is 18.2 Å². The van der Waals surface area contributed by atoms with E-state index in [0.29, 0.717) is 6.54 Å². The van der Waals surface area contributed by atoms with E-state index in [2.05, 4.69) is 15.3 Å². The molecule has 104 valence electrons. The van der Waals surface area contributed by atoms with Crippen LogP contribution >= 0.6 is 0 Å². The number of fused-ring (bicyclic) bond motifs is 1. The lowest BCUT2D eigenvalue weighted by Gasteiger charge is -2.40. The minimum absolute atomic E-state index is 0.138. The average molecular weight is 263 g/mol. The number of nitrogens with zero attached hydrogens (tertiary/aromatic N) is 3. The first-order valence-corrected chi connectivity index (χ1v) is 6.92. The Kier molecular flexibility index (Phi) is 3.28. The first kappa shape index (κ1) is 12.6. The molecule has 2 aliphatic rings. The fourth-order valence-corrected chi connectivity index (χ4v) is 3.45. The Bertz CT molecular complexity index is 471. The van der Waals surface area contributed by atoms with Gasteiger partial charge in [0.15, 0.2) is 0 Å². The monoisotopic (exact) mass is 263 g/mol. The van der Waals surface area contributed by atoms with Crippen LogP contribution in [0.15, 0.2) is 12.4 Å². The molecule has 3 unspecified atom stereocenters. The zero-order valence-electron chi connectivity index (χ0n) is 11.2. The van der Waals surface area contributed by atoms with Gasteiger partial charge in [0, 0.05) is 37.9 Å². The summed E-state index contributed by atoms with van der Waals surface area (Å²) in [6.07, 6.45) is 5.96. The molecule has 2 aliphatic heterocycles. The minimum atomic E-state index is 0.138. The van der Waals surface area contributed by atoms with Crippen molar-refractivity contribution in [3.05, 3.63) is 18.0 Å². The lowest BCUT2D eigenvalue weighted by atomic mass is 9.89. The highest BCUT2D eigenvalue weighted by Crippen LogP contribution is 2.33. The van der Waals surface area contributed by atoms with Crippen LogP contribution in [0.4, 0.5) is 0 Å². The zero-order chi connectivity index (χ0) is 13.4. The van der Waals surface area contributed by atoms with Crippen LogP contribution in [-0.4, -0.2) is 46.3 Å². The molecule has 2 fully saturated rings. The molecule has 0 aromatic carbocycles. The first-order valence-electron chi connectivity index (χ1n) is 6.92. The standard InChI is InChI=1S/C13H21N5O/c1-17-8-9(6-16-17)11(5-14)18-4-2-3-10-12(18)7-15-13(10)19/h6,8,10-12H,2-5,7,14H2,1H3,(H,15,19). The van der Waals surface area contributed by atoms with Gasteiger partial charge in [-0.05, 0) is 19.4 Å². The van der Waals surface area contributed by atoms with Crippen LogP contribution in [0.25, 0.3) is 0 Å². The van der Waals surface area contributed by atoms with Crippen LogP contribution in [0.2, 0.25) is 0 Å². The van der Waals surface area contributed by atoms with Crippen molar-refractivity contribution >= 4 is 5.91 Å². The van der Waals surface area contributed by atoms with Crippen LogP contribution in [0.5, 0.6) is 0 Å². The van der Waals surface area contributed by atoms with Crippen LogP contribution in [-0.2, 0) is 11.8 Å². The summed E-state index contributed by atoms with van der Waals surface area (Å²) >= 11 is 0. The fraction of sp³-hybridized carbons (Fsp3) is 0.692. The van der Waals surface area contributed by atoms with E-state index in [4.69, 9.17) is 5.73 Å². The second-order valence-corrected chi connectivity index (χ2v) is 5.50. The largest absolute Gasteiger partial charge is 0.354 e. The summed E-state index contributed by atoms with van der Waals surface area (Å²) in [6.45, 7) is 2.32. The molecule has 0 radical (unpaired) electrons. The van der Waals surface area contributed by atoms with Gasteiger partial charge in [-0.25, -0.2) is 0 Å². The number of nitrogens with two attached hydrogens (primary N) is 1. The number of hydrogen-bond donors (Lipinski definition) is 2. The second kappa shape index (κ2) is 4.94. The molecular formula is C13H21N5O. The van der Waals surface area contributed by atoms with Crippen molar-refractivity contribution in [1.29, 1.82) is 0 Å². The number of carbonyl (C=O) groups excluding carboxylic acids is 1. The maximum atomic E-state index is 11.8. The molecular weight excluding hydrogens is 242 g/mol. The third-order valence-corrected chi connectivity index (χ3v) is 4.38. The van der Waals surface area contributed by atoms with Crippen molar-refractivity contribution in [2.75, 3.05) is 19.6 Å². The average Bonchev–Trinajstić information content (AvgIpc) is 2.99. The van der Waals surface area contributed by atoms with E-state index in [0.717, 1.165) is 31.5 Å². The van der Waals surface area contributed by atoms with E-state index >= 15 is 0 Å². The normalized spacial score (nSPS) is 29.1. The number of rotatable bonds is 3. The van der Waals surface area contributed by atoms with Gasteiger partial charge in [0.25, 0.3) is 0 Å². The molecule has 0 bridgehead atoms. The van der Waals surface area contributed by atoms with Crippen LogP contribution in [0, 0.1) is 5.92 Å². The summed E-state index contributed by atoms with van der Waals surface area (Å²) in [5, 5.41) is 7.22. The van der Waals surface area contributed by atoms with E-state index in [-0.39, 0.29) is 23.9 Å². The minimum Gasteiger partial charge on any atom is -0.354 e. The third kappa shape index (κ3) is 2.15. The number of piperidine rings is 1. The maximum Gasteiger partial charge on any atom is 0.224 e. The van der Waals surface area contributed by atoms with Crippen molar-refractivity contribution in [2.24, 2.45) is 18.7 Å². The fourth-order valence-electron chi connectivity index (χ4n) is 3.45. The summed E-state index contributed by atoms with van der Waals surface area (Å²) < 4.78 is 1.80. The van der Waals surface area contributed by atoms with Gasteiger partial charge in [0.1, 0.15) is 0 Å². The van der Waals surface area contributed by atoms with Crippen molar-refractivity contribution in [3.63, 3.8) is 0 Å². The van der Waals surface area contributed by atoms with Gasteiger partial charge in [0.2, 0.25) is 5.91 Å². The number of hydrogen-bond acceptors (Lipinski definition) is 4. The molecule has 0 saturated carbocycles. The number of nitrogens with one attached hydrogen (secondary N) is 1. The van der Waals surface area contributed by atoms with E-state index in [1.807, 2.05) is 19.4 Å². The molecule has 19 heavy (non-hydrogen) atoms. The molecule has 6 nitrogen and oxygen atoms in total. The second-order valence-electron chi connectivity index (χ2n) is 5.50. The van der Waals surface area contributed by atoms with E-state index in [1.165, 1.54) is 0 Å². The number of amides is 1. The highest BCUT2D eigenvalue weighted by Gasteiger charge is 2.43. The first-order chi connectivity index (χ1) is 9.20. The lowest BCUT2D eigenvalue weighted by Crippen LogP contribution is -2.49. The van der Waals surface area contributed by atoms with Crippen LogP contribution < -0.4 is 11.1 Å². The Labute approximate surface area is 112 Å². The zero-order valence-corrected chi connectivity index (χ0v) is 11.2. The highest BCUT2D eigenvalue weighted by molar-refractivity contribution is 5.82. The molecule has 0 spiro atoms. The highest BCUT2D eigenvalue weighted by atomic mass is 16.2. The number of carbonyl (C=O) groups is 1. The van der Waals surface area contributed by atoms with Gasteiger partial charge >= 0.3 is 0 Å². The van der Waals surface area contributed by atoms with Crippen molar-refractivity contribution in [2.45, 2.75) is 24.9 Å². The Morgan fingerprint density at radius 3 is 3.16 bits per heavy atom. The molecule has 3 heterocycles. The van der Waals surface area contributed by atoms with Crippen LogP contribution in [0.3, 0.4) is 0 Å². The number of aromatic nitrogens is 2. The van der Waals surface area contributed by atoms with Gasteiger partial charge in [-0.3, -0.25) is 14.4 Å². The van der Waals surface area contributed by atoms with E-state index < -0.39 is 0 Å². The Balaban J connectivity index is 1.84. The van der Waals surface area contributed by atoms with E-state index in [1.54, 1.807) is 4.68 Å². The van der Waals surface area contributed by atoms with E-state index in [9.17, 15) is 4.79 Å². The van der Waals surface area contributed by atoms with Gasteiger partial charge in [-0.1, -0.05) is 0 Å².